The average molecular weight is 544 g/mol. The predicted molar refractivity (Wildman–Crippen MR) is 144 cm³/mol. The number of rotatable bonds is 8. The number of benzene rings is 2. The van der Waals surface area contributed by atoms with E-state index in [9.17, 15) is 28.8 Å². The summed E-state index contributed by atoms with van der Waals surface area (Å²) < 4.78 is 15.0. The number of amides is 4. The maximum Gasteiger partial charge on any atom is 0.262 e. The molecule has 0 radical (unpaired) electrons. The lowest BCUT2D eigenvalue weighted by Crippen LogP contribution is -2.54. The van der Waals surface area contributed by atoms with Gasteiger partial charge < -0.3 is 10.2 Å². The van der Waals surface area contributed by atoms with E-state index in [0.717, 1.165) is 61.0 Å². The first-order chi connectivity index (χ1) is 19.2. The van der Waals surface area contributed by atoms with Crippen molar-refractivity contribution in [3.05, 3.63) is 58.9 Å². The molecule has 2 aliphatic carbocycles. The Labute approximate surface area is 231 Å². The Morgan fingerprint density at radius 2 is 1.77 bits per heavy atom. The fourth-order valence-electron chi connectivity index (χ4n) is 6.13. The molecule has 2 saturated carbocycles. The van der Waals surface area contributed by atoms with Crippen molar-refractivity contribution in [1.29, 1.82) is 5.26 Å². The van der Waals surface area contributed by atoms with Crippen LogP contribution in [0.1, 0.15) is 71.7 Å². The second-order valence-corrected chi connectivity index (χ2v) is 11.3. The number of piperidine rings is 1. The molecule has 0 spiro atoms. The molecule has 6 rings (SSSR count). The summed E-state index contributed by atoms with van der Waals surface area (Å²) in [5, 5.41) is 14.8. The predicted octanol–water partition coefficient (Wildman–Crippen LogP) is 3.50. The van der Waals surface area contributed by atoms with Crippen molar-refractivity contribution in [1.82, 2.24) is 10.2 Å². The minimum atomic E-state index is -1.09. The second-order valence-electron chi connectivity index (χ2n) is 11.3. The molecular weight excluding hydrogens is 513 g/mol. The third-order valence-corrected chi connectivity index (χ3v) is 8.73. The summed E-state index contributed by atoms with van der Waals surface area (Å²) >= 11 is 0. The quantitative estimate of drug-likeness (QED) is 0.489. The van der Waals surface area contributed by atoms with Crippen LogP contribution in [-0.4, -0.2) is 53.7 Å². The van der Waals surface area contributed by atoms with Gasteiger partial charge in [0.25, 0.3) is 11.8 Å². The first kappa shape index (κ1) is 26.0. The van der Waals surface area contributed by atoms with Gasteiger partial charge in [0, 0.05) is 31.2 Å². The van der Waals surface area contributed by atoms with Gasteiger partial charge in [-0.2, -0.15) is 5.26 Å². The standard InChI is InChI=1S/C30H30FN5O4/c1-2-35(20-5-3-18(4-6-20)30(16-32)9-10-30)15-17-11-19(12-17)33-24-14-22-21(13-23(24)31)28(39)36(29(22)40)25-7-8-26(37)34-27(25)38/h3-6,13-14,17,19,25,33H,2,7-12,15H2,1H3,(H,34,37,38). The number of carbonyl (C=O) groups excluding carboxylic acids is 4. The number of fused-ring (bicyclic) bond motifs is 1. The van der Waals surface area contributed by atoms with E-state index in [-0.39, 0.29) is 41.1 Å². The largest absolute Gasteiger partial charge is 0.380 e. The molecule has 40 heavy (non-hydrogen) atoms. The molecule has 10 heteroatoms. The third-order valence-electron chi connectivity index (χ3n) is 8.73. The van der Waals surface area contributed by atoms with Crippen LogP contribution in [0.5, 0.6) is 0 Å². The summed E-state index contributed by atoms with van der Waals surface area (Å²) in [6, 6.07) is 12.1. The number of nitrogens with one attached hydrogen (secondary N) is 2. The van der Waals surface area contributed by atoms with Crippen LogP contribution < -0.4 is 15.5 Å². The van der Waals surface area contributed by atoms with Crippen LogP contribution in [0.4, 0.5) is 15.8 Å². The molecule has 1 atom stereocenters. The monoisotopic (exact) mass is 543 g/mol. The normalized spacial score (nSPS) is 24.6. The molecule has 0 aromatic heterocycles. The number of anilines is 2. The van der Waals surface area contributed by atoms with E-state index in [4.69, 9.17) is 0 Å². The molecule has 2 N–H and O–H groups in total. The van der Waals surface area contributed by atoms with Gasteiger partial charge in [0.1, 0.15) is 11.9 Å². The second kappa shape index (κ2) is 9.73. The minimum Gasteiger partial charge on any atom is -0.380 e. The zero-order chi connectivity index (χ0) is 28.2. The number of nitrogens with zero attached hydrogens (tertiary/aromatic N) is 3. The molecule has 9 nitrogen and oxygen atoms in total. The Kier molecular flexibility index (Phi) is 6.32. The number of imide groups is 2. The smallest absolute Gasteiger partial charge is 0.262 e. The van der Waals surface area contributed by atoms with Gasteiger partial charge in [-0.25, -0.2) is 4.39 Å². The van der Waals surface area contributed by atoms with Gasteiger partial charge in [0.15, 0.2) is 0 Å². The van der Waals surface area contributed by atoms with E-state index in [2.05, 4.69) is 52.8 Å². The van der Waals surface area contributed by atoms with Gasteiger partial charge in [-0.15, -0.1) is 0 Å². The van der Waals surface area contributed by atoms with E-state index in [1.807, 2.05) is 0 Å². The van der Waals surface area contributed by atoms with Gasteiger partial charge >= 0.3 is 0 Å². The van der Waals surface area contributed by atoms with Crippen molar-refractivity contribution in [2.45, 2.75) is 62.9 Å². The summed E-state index contributed by atoms with van der Waals surface area (Å²) in [5.41, 5.74) is 2.04. The van der Waals surface area contributed by atoms with Gasteiger partial charge in [0.05, 0.1) is 28.3 Å². The highest BCUT2D eigenvalue weighted by molar-refractivity contribution is 6.23. The lowest BCUT2D eigenvalue weighted by Gasteiger charge is -2.40. The van der Waals surface area contributed by atoms with Crippen LogP contribution in [0.3, 0.4) is 0 Å². The summed E-state index contributed by atoms with van der Waals surface area (Å²) in [6.07, 6.45) is 3.58. The fourth-order valence-corrected chi connectivity index (χ4v) is 6.13. The highest BCUT2D eigenvalue weighted by Crippen LogP contribution is 2.47. The molecule has 4 aliphatic rings. The Bertz CT molecular complexity index is 1460. The van der Waals surface area contributed by atoms with Crippen molar-refractivity contribution in [3.8, 4) is 6.07 Å². The van der Waals surface area contributed by atoms with E-state index < -0.39 is 35.5 Å². The van der Waals surface area contributed by atoms with Crippen molar-refractivity contribution < 1.29 is 23.6 Å². The van der Waals surface area contributed by atoms with E-state index >= 15 is 0 Å². The van der Waals surface area contributed by atoms with E-state index in [1.54, 1.807) is 0 Å². The first-order valence-corrected chi connectivity index (χ1v) is 13.8. The minimum absolute atomic E-state index is 0.0243. The molecule has 3 fully saturated rings. The Hall–Kier alpha value is -4.26. The van der Waals surface area contributed by atoms with E-state index in [0.29, 0.717) is 5.92 Å². The van der Waals surface area contributed by atoms with E-state index in [1.165, 1.54) is 6.07 Å². The Morgan fingerprint density at radius 1 is 1.10 bits per heavy atom. The zero-order valence-electron chi connectivity index (χ0n) is 22.2. The van der Waals surface area contributed by atoms with Gasteiger partial charge in [-0.1, -0.05) is 12.1 Å². The van der Waals surface area contributed by atoms with Gasteiger partial charge in [-0.3, -0.25) is 29.4 Å². The fraction of sp³-hybridized carbons (Fsp3) is 0.433. The number of carbonyl (C=O) groups is 4. The van der Waals surface area contributed by atoms with Crippen molar-refractivity contribution in [2.75, 3.05) is 23.3 Å². The average Bonchev–Trinajstić information content (AvgIpc) is 3.69. The lowest BCUT2D eigenvalue weighted by molar-refractivity contribution is -0.136. The molecule has 206 valence electrons. The zero-order valence-corrected chi connectivity index (χ0v) is 22.2. The van der Waals surface area contributed by atoms with Crippen molar-refractivity contribution in [3.63, 3.8) is 0 Å². The third kappa shape index (κ3) is 4.39. The van der Waals surface area contributed by atoms with Crippen LogP contribution in [0.2, 0.25) is 0 Å². The van der Waals surface area contributed by atoms with Crippen LogP contribution in [0, 0.1) is 23.1 Å². The number of hydrogen-bond acceptors (Lipinski definition) is 7. The molecular formula is C30H30FN5O4. The highest BCUT2D eigenvalue weighted by atomic mass is 19.1. The van der Waals surface area contributed by atoms with Gasteiger partial charge in [-0.05, 0) is 74.8 Å². The summed E-state index contributed by atoms with van der Waals surface area (Å²) in [5.74, 6) is -2.75. The number of hydrogen-bond donors (Lipinski definition) is 2. The molecule has 2 heterocycles. The molecule has 0 bridgehead atoms. The van der Waals surface area contributed by atoms with Crippen LogP contribution in [0.25, 0.3) is 0 Å². The SMILES string of the molecule is CCN(CC1CC(Nc2cc3c(cc2F)C(=O)N(C2CCC(=O)NC2=O)C3=O)C1)c1ccc(C2(C#N)CC2)cc1. The van der Waals surface area contributed by atoms with Gasteiger partial charge in [0.2, 0.25) is 11.8 Å². The first-order valence-electron chi connectivity index (χ1n) is 13.8. The topological polar surface area (TPSA) is 123 Å². The van der Waals surface area contributed by atoms with Crippen molar-refractivity contribution in [2.24, 2.45) is 5.92 Å². The highest BCUT2D eigenvalue weighted by Gasteiger charge is 2.46. The van der Waals surface area contributed by atoms with Crippen molar-refractivity contribution >= 4 is 35.0 Å². The number of nitriles is 1. The number of halogens is 1. The van der Waals surface area contributed by atoms with Crippen LogP contribution in [0.15, 0.2) is 36.4 Å². The maximum atomic E-state index is 15.0. The summed E-state index contributed by atoms with van der Waals surface area (Å²) in [7, 11) is 0. The van der Waals surface area contributed by atoms with Crippen LogP contribution >= 0.6 is 0 Å². The summed E-state index contributed by atoms with van der Waals surface area (Å²) in [4.78, 5) is 52.9. The molecule has 4 amide bonds. The molecule has 1 saturated heterocycles. The molecule has 2 aromatic rings. The molecule has 1 unspecified atom stereocenters. The molecule has 2 aliphatic heterocycles. The maximum absolute atomic E-state index is 15.0. The summed E-state index contributed by atoms with van der Waals surface area (Å²) in [6.45, 7) is 3.81. The lowest BCUT2D eigenvalue weighted by atomic mass is 9.79. The molecule has 2 aromatic carbocycles. The Morgan fingerprint density at radius 3 is 2.38 bits per heavy atom. The Balaban J connectivity index is 1.07. The van der Waals surface area contributed by atoms with Crippen LogP contribution in [-0.2, 0) is 15.0 Å².